The average molecular weight is 408 g/mol. The Morgan fingerprint density at radius 1 is 0.793 bits per heavy atom. The summed E-state index contributed by atoms with van der Waals surface area (Å²) in [4.78, 5) is 22.4. The molecule has 0 fully saturated rings. The van der Waals surface area contributed by atoms with Gasteiger partial charge in [0, 0.05) is 12.2 Å². The number of alkyl halides is 4. The highest BCUT2D eigenvalue weighted by Gasteiger charge is 2.57. The van der Waals surface area contributed by atoms with Crippen LogP contribution in [0.3, 0.4) is 0 Å². The maximum atomic E-state index is 14.0. The van der Waals surface area contributed by atoms with E-state index in [1.165, 1.54) is 0 Å². The van der Waals surface area contributed by atoms with Crippen molar-refractivity contribution in [2.24, 2.45) is 0 Å². The van der Waals surface area contributed by atoms with Gasteiger partial charge in [-0.2, -0.15) is 13.2 Å². The van der Waals surface area contributed by atoms with Crippen molar-refractivity contribution in [1.82, 2.24) is 0 Å². The maximum Gasteiger partial charge on any atom is 0.404 e. The van der Waals surface area contributed by atoms with Crippen molar-refractivity contribution >= 4 is 11.9 Å². The van der Waals surface area contributed by atoms with Crippen molar-refractivity contribution in [3.63, 3.8) is 0 Å². The van der Waals surface area contributed by atoms with Crippen LogP contribution in [-0.2, 0) is 15.0 Å². The molecule has 0 amide bonds. The molecule has 0 atom stereocenters. The van der Waals surface area contributed by atoms with E-state index in [2.05, 4.69) is 13.2 Å². The van der Waals surface area contributed by atoms with Crippen LogP contribution in [-0.4, -0.2) is 24.8 Å². The third kappa shape index (κ3) is 4.53. The van der Waals surface area contributed by atoms with Gasteiger partial charge in [0.1, 0.15) is 23.6 Å². The minimum Gasteiger partial charge on any atom is -0.423 e. The molecule has 0 unspecified atom stereocenters. The Morgan fingerprint density at radius 2 is 1.14 bits per heavy atom. The first-order valence-corrected chi connectivity index (χ1v) is 8.20. The summed E-state index contributed by atoms with van der Waals surface area (Å²) in [6, 6.07) is 8.66. The van der Waals surface area contributed by atoms with Gasteiger partial charge in [0.2, 0.25) is 0 Å². The van der Waals surface area contributed by atoms with Crippen LogP contribution in [0.4, 0.5) is 17.6 Å². The van der Waals surface area contributed by atoms with Crippen LogP contribution in [0.5, 0.6) is 11.5 Å². The van der Waals surface area contributed by atoms with E-state index in [-0.39, 0.29) is 22.6 Å². The topological polar surface area (TPSA) is 52.6 Å². The lowest BCUT2D eigenvalue weighted by atomic mass is 9.74. The van der Waals surface area contributed by atoms with E-state index in [1.54, 1.807) is 0 Å². The molecule has 0 aromatic heterocycles. The highest BCUT2D eigenvalue weighted by molar-refractivity contribution is 5.83. The summed E-state index contributed by atoms with van der Waals surface area (Å²) >= 11 is 0. The first-order chi connectivity index (χ1) is 13.7. The predicted octanol–water partition coefficient (Wildman–Crippen LogP) is 4.69. The summed E-state index contributed by atoms with van der Waals surface area (Å²) in [6.45, 7) is 4.67. The molecular weight excluding hydrogens is 392 g/mol. The first-order valence-electron chi connectivity index (χ1n) is 8.20. The lowest BCUT2D eigenvalue weighted by Crippen LogP contribution is -2.45. The molecule has 0 aliphatic carbocycles. The number of halogens is 4. The van der Waals surface area contributed by atoms with Gasteiger partial charge < -0.3 is 9.47 Å². The monoisotopic (exact) mass is 408 g/mol. The zero-order valence-electron chi connectivity index (χ0n) is 15.0. The van der Waals surface area contributed by atoms with Crippen molar-refractivity contribution in [2.75, 3.05) is 6.67 Å². The molecule has 0 spiro atoms. The molecule has 0 heterocycles. The van der Waals surface area contributed by atoms with E-state index in [9.17, 15) is 27.2 Å². The smallest absolute Gasteiger partial charge is 0.404 e. The van der Waals surface area contributed by atoms with E-state index in [4.69, 9.17) is 9.47 Å². The van der Waals surface area contributed by atoms with Crippen LogP contribution >= 0.6 is 0 Å². The number of hydrogen-bond donors (Lipinski definition) is 0. The molecule has 29 heavy (non-hydrogen) atoms. The second kappa shape index (κ2) is 8.72. The van der Waals surface area contributed by atoms with Crippen LogP contribution in [0.2, 0.25) is 0 Å². The fourth-order valence-electron chi connectivity index (χ4n) is 2.65. The van der Waals surface area contributed by atoms with Crippen LogP contribution in [0, 0.1) is 0 Å². The molecular formula is C21H16F4O4. The number of hydrogen-bond acceptors (Lipinski definition) is 4. The Hall–Kier alpha value is -3.42. The second-order valence-electron chi connectivity index (χ2n) is 5.84. The normalized spacial score (nSPS) is 11.4. The summed E-state index contributed by atoms with van der Waals surface area (Å²) in [7, 11) is 0. The molecule has 0 bridgehead atoms. The molecule has 8 heteroatoms. The Balaban J connectivity index is 2.49. The summed E-state index contributed by atoms with van der Waals surface area (Å²) in [5.41, 5.74) is -3.74. The van der Waals surface area contributed by atoms with Gasteiger partial charge in [0.25, 0.3) is 0 Å². The van der Waals surface area contributed by atoms with Crippen LogP contribution in [0.15, 0.2) is 73.8 Å². The van der Waals surface area contributed by atoms with Crippen LogP contribution in [0.25, 0.3) is 0 Å². The largest absolute Gasteiger partial charge is 0.423 e. The maximum absolute atomic E-state index is 14.0. The quantitative estimate of drug-likeness (QED) is 0.289. The third-order valence-electron chi connectivity index (χ3n) is 4.15. The summed E-state index contributed by atoms with van der Waals surface area (Å²) < 4.78 is 65.8. The predicted molar refractivity (Wildman–Crippen MR) is 97.4 cm³/mol. The van der Waals surface area contributed by atoms with Crippen LogP contribution < -0.4 is 9.47 Å². The zero-order chi connectivity index (χ0) is 21.7. The minimum absolute atomic E-state index is 0.0136. The van der Waals surface area contributed by atoms with Crippen LogP contribution in [0.1, 0.15) is 11.1 Å². The van der Waals surface area contributed by atoms with E-state index in [0.717, 1.165) is 60.7 Å². The first kappa shape index (κ1) is 21.9. The molecule has 0 radical (unpaired) electrons. The van der Waals surface area contributed by atoms with Crippen molar-refractivity contribution in [3.05, 3.63) is 85.0 Å². The Labute approximate surface area is 164 Å². The van der Waals surface area contributed by atoms with E-state index >= 15 is 0 Å². The van der Waals surface area contributed by atoms with Crippen molar-refractivity contribution in [1.29, 1.82) is 0 Å². The molecule has 0 aliphatic rings. The molecule has 2 aromatic rings. The van der Waals surface area contributed by atoms with E-state index < -0.39 is 30.2 Å². The number of esters is 2. The van der Waals surface area contributed by atoms with Gasteiger partial charge in [-0.25, -0.2) is 14.0 Å². The van der Waals surface area contributed by atoms with E-state index in [1.807, 2.05) is 0 Å². The van der Waals surface area contributed by atoms with Gasteiger partial charge >= 0.3 is 18.1 Å². The number of carbonyl (C=O) groups excluding carboxylic acids is 2. The van der Waals surface area contributed by atoms with Gasteiger partial charge in [-0.1, -0.05) is 37.4 Å². The molecule has 0 N–H and O–H groups in total. The summed E-state index contributed by atoms with van der Waals surface area (Å²) in [6.07, 6.45) is -3.19. The van der Waals surface area contributed by atoms with Gasteiger partial charge in [0.15, 0.2) is 0 Å². The number of benzene rings is 2. The Morgan fingerprint density at radius 3 is 1.38 bits per heavy atom. The van der Waals surface area contributed by atoms with Gasteiger partial charge in [-0.05, 0) is 35.4 Å². The molecule has 152 valence electrons. The van der Waals surface area contributed by atoms with Gasteiger partial charge in [-0.3, -0.25) is 0 Å². The Bertz CT molecular complexity index is 834. The SMILES string of the molecule is C=CC(=O)Oc1ccc(C(CF)(c2ccc(OC(=O)C=C)cc2)C(F)(F)F)cc1. The summed E-state index contributed by atoms with van der Waals surface area (Å²) in [5.74, 6) is -1.59. The standard InChI is InChI=1S/C21H16F4O4/c1-3-18(26)28-16-9-5-14(6-10-16)20(13-22,21(23,24)25)15-7-11-17(12-8-15)29-19(27)4-2/h3-12H,1-2,13H2. The highest BCUT2D eigenvalue weighted by Crippen LogP contribution is 2.47. The molecule has 0 aliphatic heterocycles. The molecule has 0 saturated heterocycles. The minimum atomic E-state index is -4.99. The second-order valence-corrected chi connectivity index (χ2v) is 5.84. The molecule has 4 nitrogen and oxygen atoms in total. The number of rotatable bonds is 7. The summed E-state index contributed by atoms with van der Waals surface area (Å²) in [5, 5.41) is 0. The van der Waals surface area contributed by atoms with Crippen molar-refractivity contribution < 1.29 is 36.6 Å². The lowest BCUT2D eigenvalue weighted by molar-refractivity contribution is -0.182. The van der Waals surface area contributed by atoms with E-state index in [0.29, 0.717) is 0 Å². The third-order valence-corrected chi connectivity index (χ3v) is 4.15. The number of ether oxygens (including phenoxy) is 2. The molecule has 2 rings (SSSR count). The van der Waals surface area contributed by atoms with Gasteiger partial charge in [-0.15, -0.1) is 0 Å². The highest BCUT2D eigenvalue weighted by atomic mass is 19.4. The van der Waals surface area contributed by atoms with Gasteiger partial charge in [0.05, 0.1) is 0 Å². The molecule has 2 aromatic carbocycles. The number of carbonyl (C=O) groups is 2. The molecule has 0 saturated carbocycles. The Kier molecular flexibility index (Phi) is 6.58. The van der Waals surface area contributed by atoms with Crippen molar-refractivity contribution in [2.45, 2.75) is 11.6 Å². The lowest BCUT2D eigenvalue weighted by Gasteiger charge is -2.34. The van der Waals surface area contributed by atoms with Crippen molar-refractivity contribution in [3.8, 4) is 11.5 Å². The zero-order valence-corrected chi connectivity index (χ0v) is 15.0. The fraction of sp³-hybridized carbons (Fsp3) is 0.143. The fourth-order valence-corrected chi connectivity index (χ4v) is 2.65. The average Bonchev–Trinajstić information content (AvgIpc) is 2.70.